The molecule has 2 N–H and O–H groups in total. The molecular formula is C18H29BrN2. The van der Waals surface area contributed by atoms with E-state index in [4.69, 9.17) is 5.73 Å². The first-order chi connectivity index (χ1) is 10.1. The molecule has 2 rings (SSSR count). The van der Waals surface area contributed by atoms with Crippen molar-refractivity contribution in [3.05, 3.63) is 34.3 Å². The Bertz CT molecular complexity index is 427. The summed E-state index contributed by atoms with van der Waals surface area (Å²) in [7, 11) is 0. The summed E-state index contributed by atoms with van der Waals surface area (Å²) in [4.78, 5) is 2.69. The van der Waals surface area contributed by atoms with Crippen molar-refractivity contribution in [1.29, 1.82) is 0 Å². The monoisotopic (exact) mass is 352 g/mol. The van der Waals surface area contributed by atoms with Gasteiger partial charge in [-0.2, -0.15) is 0 Å². The minimum atomic E-state index is 0.138. The van der Waals surface area contributed by atoms with Crippen molar-refractivity contribution in [2.75, 3.05) is 13.1 Å². The molecule has 0 spiro atoms. The van der Waals surface area contributed by atoms with E-state index in [1.165, 1.54) is 37.8 Å². The third kappa shape index (κ3) is 5.39. The first-order valence-corrected chi connectivity index (χ1v) is 9.10. The predicted molar refractivity (Wildman–Crippen MR) is 94.4 cm³/mol. The summed E-state index contributed by atoms with van der Waals surface area (Å²) in [5.41, 5.74) is 7.63. The Morgan fingerprint density at radius 3 is 2.62 bits per heavy atom. The molecule has 1 aromatic rings. The molecule has 1 aliphatic rings. The van der Waals surface area contributed by atoms with Crippen LogP contribution in [-0.4, -0.2) is 24.0 Å². The average molecular weight is 353 g/mol. The molecule has 0 aliphatic heterocycles. The Hall–Kier alpha value is -0.380. The first kappa shape index (κ1) is 17.0. The second-order valence-corrected chi connectivity index (χ2v) is 7.69. The zero-order valence-corrected chi connectivity index (χ0v) is 15.0. The van der Waals surface area contributed by atoms with Crippen LogP contribution >= 0.6 is 15.9 Å². The lowest BCUT2D eigenvalue weighted by Gasteiger charge is -2.31. The van der Waals surface area contributed by atoms with E-state index in [1.54, 1.807) is 0 Å². The molecule has 1 atom stereocenters. The Morgan fingerprint density at radius 2 is 2.00 bits per heavy atom. The highest BCUT2D eigenvalue weighted by Crippen LogP contribution is 2.26. The Morgan fingerprint density at radius 1 is 1.29 bits per heavy atom. The molecule has 3 heteroatoms. The second-order valence-electron chi connectivity index (χ2n) is 6.78. The molecule has 1 fully saturated rings. The Balaban J connectivity index is 1.90. The van der Waals surface area contributed by atoms with Crippen LogP contribution in [0, 0.1) is 5.92 Å². The maximum Gasteiger partial charge on any atom is 0.0307 e. The van der Waals surface area contributed by atoms with Gasteiger partial charge in [0.15, 0.2) is 0 Å². The number of hydrogen-bond acceptors (Lipinski definition) is 2. The number of rotatable bonds is 7. The van der Waals surface area contributed by atoms with Crippen molar-refractivity contribution < 1.29 is 0 Å². The molecule has 1 saturated carbocycles. The van der Waals surface area contributed by atoms with E-state index in [9.17, 15) is 0 Å². The topological polar surface area (TPSA) is 29.3 Å². The highest BCUT2D eigenvalue weighted by molar-refractivity contribution is 9.10. The highest BCUT2D eigenvalue weighted by Gasteiger charge is 2.23. The lowest BCUT2D eigenvalue weighted by atomic mass is 10.0. The molecule has 0 aromatic heterocycles. The van der Waals surface area contributed by atoms with Gasteiger partial charge in [0.25, 0.3) is 0 Å². The van der Waals surface area contributed by atoms with Crippen LogP contribution in [-0.2, 0) is 0 Å². The summed E-state index contributed by atoms with van der Waals surface area (Å²) in [5, 5.41) is 0. The fraction of sp³-hybridized carbons (Fsp3) is 0.667. The van der Waals surface area contributed by atoms with E-state index >= 15 is 0 Å². The van der Waals surface area contributed by atoms with E-state index in [1.807, 2.05) is 0 Å². The van der Waals surface area contributed by atoms with Crippen molar-refractivity contribution in [1.82, 2.24) is 4.90 Å². The van der Waals surface area contributed by atoms with E-state index in [0.717, 1.165) is 29.4 Å². The van der Waals surface area contributed by atoms with Crippen LogP contribution in [0.5, 0.6) is 0 Å². The van der Waals surface area contributed by atoms with E-state index in [-0.39, 0.29) is 6.04 Å². The molecule has 118 valence electrons. The van der Waals surface area contributed by atoms with E-state index in [2.05, 4.69) is 58.9 Å². The standard InChI is InChI=1S/C18H29BrN2/c1-14(2)13-21(17-8-3-4-9-17)11-10-18(20)15-6-5-7-16(19)12-15/h5-7,12,14,17-18H,3-4,8-11,13,20H2,1-2H3. The molecule has 1 aromatic carbocycles. The molecule has 0 saturated heterocycles. The minimum Gasteiger partial charge on any atom is -0.324 e. The fourth-order valence-corrected chi connectivity index (χ4v) is 3.79. The Labute approximate surface area is 138 Å². The normalized spacial score (nSPS) is 17.8. The van der Waals surface area contributed by atoms with Gasteiger partial charge >= 0.3 is 0 Å². The van der Waals surface area contributed by atoms with Crippen LogP contribution in [0.2, 0.25) is 0 Å². The molecule has 1 aliphatic carbocycles. The quantitative estimate of drug-likeness (QED) is 0.767. The van der Waals surface area contributed by atoms with Crippen LogP contribution in [0.25, 0.3) is 0 Å². The van der Waals surface area contributed by atoms with Gasteiger partial charge in [-0.25, -0.2) is 0 Å². The number of halogens is 1. The fourth-order valence-electron chi connectivity index (χ4n) is 3.37. The zero-order chi connectivity index (χ0) is 15.2. The minimum absolute atomic E-state index is 0.138. The number of nitrogens with two attached hydrogens (primary N) is 1. The van der Waals surface area contributed by atoms with Crippen LogP contribution in [0.4, 0.5) is 0 Å². The maximum atomic E-state index is 6.39. The summed E-state index contributed by atoms with van der Waals surface area (Å²) in [6.07, 6.45) is 6.59. The van der Waals surface area contributed by atoms with Crippen LogP contribution in [0.15, 0.2) is 28.7 Å². The molecule has 2 nitrogen and oxygen atoms in total. The van der Waals surface area contributed by atoms with Crippen molar-refractivity contribution in [3.63, 3.8) is 0 Å². The van der Waals surface area contributed by atoms with Crippen molar-refractivity contribution in [3.8, 4) is 0 Å². The van der Waals surface area contributed by atoms with Crippen molar-refractivity contribution >= 4 is 15.9 Å². The van der Waals surface area contributed by atoms with E-state index in [0.29, 0.717) is 0 Å². The molecule has 1 unspecified atom stereocenters. The summed E-state index contributed by atoms with van der Waals surface area (Å²) >= 11 is 3.53. The first-order valence-electron chi connectivity index (χ1n) is 8.31. The number of nitrogens with zero attached hydrogens (tertiary/aromatic N) is 1. The SMILES string of the molecule is CC(C)CN(CCC(N)c1cccc(Br)c1)C1CCCC1. The zero-order valence-electron chi connectivity index (χ0n) is 13.4. The van der Waals surface area contributed by atoms with Crippen molar-refractivity contribution in [2.24, 2.45) is 11.7 Å². The average Bonchev–Trinajstić information content (AvgIpc) is 2.96. The molecule has 21 heavy (non-hydrogen) atoms. The van der Waals surface area contributed by atoms with Crippen molar-refractivity contribution in [2.45, 2.75) is 58.0 Å². The van der Waals surface area contributed by atoms with Crippen LogP contribution in [0.1, 0.15) is 57.6 Å². The second kappa shape index (κ2) is 8.30. The lowest BCUT2D eigenvalue weighted by molar-refractivity contribution is 0.171. The smallest absolute Gasteiger partial charge is 0.0307 e. The molecule has 0 heterocycles. The van der Waals surface area contributed by atoms with Gasteiger partial charge in [0, 0.05) is 29.6 Å². The molecule has 0 bridgehead atoms. The summed E-state index contributed by atoms with van der Waals surface area (Å²) in [6, 6.07) is 9.34. The number of hydrogen-bond donors (Lipinski definition) is 1. The van der Waals surface area contributed by atoms with Gasteiger partial charge < -0.3 is 10.6 Å². The third-order valence-corrected chi connectivity index (χ3v) is 4.94. The summed E-state index contributed by atoms with van der Waals surface area (Å²) in [6.45, 7) is 6.96. The molecular weight excluding hydrogens is 324 g/mol. The van der Waals surface area contributed by atoms with E-state index < -0.39 is 0 Å². The van der Waals surface area contributed by atoms with Crippen LogP contribution < -0.4 is 5.73 Å². The van der Waals surface area contributed by atoms with Gasteiger partial charge in [0.2, 0.25) is 0 Å². The van der Waals surface area contributed by atoms with Gasteiger partial charge in [-0.05, 0) is 42.9 Å². The molecule has 0 radical (unpaired) electrons. The third-order valence-electron chi connectivity index (χ3n) is 4.44. The summed E-state index contributed by atoms with van der Waals surface area (Å²) in [5.74, 6) is 0.729. The van der Waals surface area contributed by atoms with Gasteiger partial charge in [-0.1, -0.05) is 54.8 Å². The molecule has 0 amide bonds. The maximum absolute atomic E-state index is 6.39. The number of benzene rings is 1. The highest BCUT2D eigenvalue weighted by atomic mass is 79.9. The van der Waals surface area contributed by atoms with Crippen LogP contribution in [0.3, 0.4) is 0 Å². The summed E-state index contributed by atoms with van der Waals surface area (Å²) < 4.78 is 1.12. The van der Waals surface area contributed by atoms with Gasteiger partial charge in [-0.3, -0.25) is 0 Å². The largest absolute Gasteiger partial charge is 0.324 e. The van der Waals surface area contributed by atoms with Gasteiger partial charge in [0.05, 0.1) is 0 Å². The van der Waals surface area contributed by atoms with Gasteiger partial charge in [0.1, 0.15) is 0 Å². The predicted octanol–water partition coefficient (Wildman–Crippen LogP) is 4.74. The van der Waals surface area contributed by atoms with Gasteiger partial charge in [-0.15, -0.1) is 0 Å². The lowest BCUT2D eigenvalue weighted by Crippen LogP contribution is -2.38. The Kier molecular flexibility index (Phi) is 6.72.